The predicted molar refractivity (Wildman–Crippen MR) is 72.3 cm³/mol. The Kier molecular flexibility index (Phi) is 4.53. The van der Waals surface area contributed by atoms with Gasteiger partial charge >= 0.3 is 12.1 Å². The first-order valence-corrected chi connectivity index (χ1v) is 5.96. The molecule has 0 saturated carbocycles. The SMILES string of the molecule is CC(=O)Oc1cc(NC(=O)OC(C)(C)C)ccc1C. The first kappa shape index (κ1) is 15.0. The quantitative estimate of drug-likeness (QED) is 0.658. The minimum absolute atomic E-state index is 0.405. The van der Waals surface area contributed by atoms with Crippen molar-refractivity contribution in [2.24, 2.45) is 0 Å². The van der Waals surface area contributed by atoms with Gasteiger partial charge < -0.3 is 9.47 Å². The number of amides is 1. The van der Waals surface area contributed by atoms with Crippen LogP contribution >= 0.6 is 0 Å². The Morgan fingerprint density at radius 1 is 1.21 bits per heavy atom. The maximum Gasteiger partial charge on any atom is 0.412 e. The predicted octanol–water partition coefficient (Wildman–Crippen LogP) is 3.27. The van der Waals surface area contributed by atoms with Gasteiger partial charge in [0.15, 0.2) is 0 Å². The molecule has 0 aliphatic carbocycles. The fraction of sp³-hybridized carbons (Fsp3) is 0.429. The third-order valence-corrected chi connectivity index (χ3v) is 2.09. The molecule has 5 heteroatoms. The summed E-state index contributed by atoms with van der Waals surface area (Å²) in [5.41, 5.74) is 0.758. The van der Waals surface area contributed by atoms with E-state index < -0.39 is 17.7 Å². The zero-order valence-electron chi connectivity index (χ0n) is 11.9. The van der Waals surface area contributed by atoms with E-state index in [0.717, 1.165) is 5.56 Å². The summed E-state index contributed by atoms with van der Waals surface area (Å²) in [4.78, 5) is 22.6. The number of esters is 1. The zero-order valence-corrected chi connectivity index (χ0v) is 11.9. The molecular weight excluding hydrogens is 246 g/mol. The molecule has 1 amide bonds. The highest BCUT2D eigenvalue weighted by Crippen LogP contribution is 2.23. The number of aryl methyl sites for hydroxylation is 1. The lowest BCUT2D eigenvalue weighted by molar-refractivity contribution is -0.131. The smallest absolute Gasteiger partial charge is 0.412 e. The first-order valence-electron chi connectivity index (χ1n) is 5.96. The van der Waals surface area contributed by atoms with Crippen molar-refractivity contribution >= 4 is 17.7 Å². The number of hydrogen-bond acceptors (Lipinski definition) is 4. The van der Waals surface area contributed by atoms with Gasteiger partial charge in [0.25, 0.3) is 0 Å². The molecule has 0 aromatic heterocycles. The van der Waals surface area contributed by atoms with Crippen molar-refractivity contribution in [2.45, 2.75) is 40.2 Å². The number of carbonyl (C=O) groups is 2. The second-order valence-corrected chi connectivity index (χ2v) is 5.20. The van der Waals surface area contributed by atoms with E-state index >= 15 is 0 Å². The summed E-state index contributed by atoms with van der Waals surface area (Å²) in [7, 11) is 0. The molecule has 0 fully saturated rings. The van der Waals surface area contributed by atoms with Crippen molar-refractivity contribution in [1.82, 2.24) is 0 Å². The topological polar surface area (TPSA) is 64.6 Å². The highest BCUT2D eigenvalue weighted by molar-refractivity contribution is 5.85. The Balaban J connectivity index is 2.79. The summed E-state index contributed by atoms with van der Waals surface area (Å²) in [6.07, 6.45) is -0.551. The number of anilines is 1. The standard InChI is InChI=1S/C14H19NO4/c1-9-6-7-11(8-12(9)18-10(2)16)15-13(17)19-14(3,4)5/h6-8H,1-5H3,(H,15,17). The molecule has 0 unspecified atom stereocenters. The lowest BCUT2D eigenvalue weighted by Crippen LogP contribution is -2.27. The molecule has 5 nitrogen and oxygen atoms in total. The number of hydrogen-bond donors (Lipinski definition) is 1. The van der Waals surface area contributed by atoms with E-state index in [2.05, 4.69) is 5.32 Å². The fourth-order valence-electron chi connectivity index (χ4n) is 1.36. The van der Waals surface area contributed by atoms with E-state index in [-0.39, 0.29) is 0 Å². The molecule has 0 heterocycles. The van der Waals surface area contributed by atoms with Gasteiger partial charge in [0.1, 0.15) is 11.4 Å². The van der Waals surface area contributed by atoms with E-state index in [1.54, 1.807) is 39.0 Å². The van der Waals surface area contributed by atoms with Crippen molar-refractivity contribution in [3.8, 4) is 5.75 Å². The zero-order chi connectivity index (χ0) is 14.6. The van der Waals surface area contributed by atoms with Crippen LogP contribution in [-0.4, -0.2) is 17.7 Å². The van der Waals surface area contributed by atoms with Gasteiger partial charge in [-0.3, -0.25) is 10.1 Å². The Morgan fingerprint density at radius 3 is 2.37 bits per heavy atom. The van der Waals surface area contributed by atoms with Gasteiger partial charge in [0.05, 0.1) is 0 Å². The van der Waals surface area contributed by atoms with Gasteiger partial charge in [-0.05, 0) is 39.3 Å². The molecule has 0 radical (unpaired) electrons. The van der Waals surface area contributed by atoms with E-state index in [9.17, 15) is 9.59 Å². The monoisotopic (exact) mass is 265 g/mol. The lowest BCUT2D eigenvalue weighted by atomic mass is 10.2. The Hall–Kier alpha value is -2.04. The molecule has 0 aliphatic rings. The number of nitrogens with one attached hydrogen (secondary N) is 1. The van der Waals surface area contributed by atoms with Crippen molar-refractivity contribution in [2.75, 3.05) is 5.32 Å². The maximum atomic E-state index is 11.6. The maximum absolute atomic E-state index is 11.6. The Labute approximate surface area is 112 Å². The number of carbonyl (C=O) groups excluding carboxylic acids is 2. The molecule has 1 N–H and O–H groups in total. The van der Waals surface area contributed by atoms with Gasteiger partial charge in [-0.2, -0.15) is 0 Å². The van der Waals surface area contributed by atoms with E-state index in [4.69, 9.17) is 9.47 Å². The van der Waals surface area contributed by atoms with Gasteiger partial charge in [-0.1, -0.05) is 6.07 Å². The van der Waals surface area contributed by atoms with Gasteiger partial charge in [-0.25, -0.2) is 4.79 Å². The molecule has 1 aromatic rings. The summed E-state index contributed by atoms with van der Waals surface area (Å²) in [6, 6.07) is 5.05. The summed E-state index contributed by atoms with van der Waals surface area (Å²) < 4.78 is 10.2. The summed E-state index contributed by atoms with van der Waals surface area (Å²) in [5.74, 6) is 0.0126. The molecule has 0 spiro atoms. The van der Waals surface area contributed by atoms with Gasteiger partial charge in [0, 0.05) is 18.7 Å². The van der Waals surface area contributed by atoms with Crippen LogP contribution in [0.2, 0.25) is 0 Å². The van der Waals surface area contributed by atoms with Crippen LogP contribution in [0, 0.1) is 6.92 Å². The average molecular weight is 265 g/mol. The molecule has 0 atom stereocenters. The van der Waals surface area contributed by atoms with Crippen molar-refractivity contribution in [3.05, 3.63) is 23.8 Å². The van der Waals surface area contributed by atoms with E-state index in [1.807, 2.05) is 6.92 Å². The van der Waals surface area contributed by atoms with Crippen LogP contribution in [0.25, 0.3) is 0 Å². The highest BCUT2D eigenvalue weighted by Gasteiger charge is 2.16. The molecule has 1 rings (SSSR count). The van der Waals surface area contributed by atoms with Crippen molar-refractivity contribution < 1.29 is 19.1 Å². The Bertz CT molecular complexity index is 489. The van der Waals surface area contributed by atoms with Crippen LogP contribution in [0.15, 0.2) is 18.2 Å². The van der Waals surface area contributed by atoms with E-state index in [1.165, 1.54) is 6.92 Å². The molecule has 1 aromatic carbocycles. The molecular formula is C14H19NO4. The minimum Gasteiger partial charge on any atom is -0.444 e. The second-order valence-electron chi connectivity index (χ2n) is 5.20. The largest absolute Gasteiger partial charge is 0.444 e. The number of ether oxygens (including phenoxy) is 2. The third kappa shape index (κ3) is 5.42. The van der Waals surface area contributed by atoms with Crippen LogP contribution in [0.5, 0.6) is 5.75 Å². The van der Waals surface area contributed by atoms with Crippen LogP contribution in [0.4, 0.5) is 10.5 Å². The average Bonchev–Trinajstić information content (AvgIpc) is 2.19. The lowest BCUT2D eigenvalue weighted by Gasteiger charge is -2.19. The molecule has 0 aliphatic heterocycles. The van der Waals surface area contributed by atoms with Crippen LogP contribution in [0.1, 0.15) is 33.3 Å². The van der Waals surface area contributed by atoms with Crippen LogP contribution in [0.3, 0.4) is 0 Å². The summed E-state index contributed by atoms with van der Waals surface area (Å²) in [6.45, 7) is 8.49. The number of rotatable bonds is 2. The number of benzene rings is 1. The third-order valence-electron chi connectivity index (χ3n) is 2.09. The van der Waals surface area contributed by atoms with Gasteiger partial charge in [-0.15, -0.1) is 0 Å². The normalized spacial score (nSPS) is 10.8. The molecule has 0 bridgehead atoms. The molecule has 0 saturated heterocycles. The van der Waals surface area contributed by atoms with Crippen molar-refractivity contribution in [1.29, 1.82) is 0 Å². The summed E-state index contributed by atoms with van der Waals surface area (Å²) >= 11 is 0. The molecule has 19 heavy (non-hydrogen) atoms. The minimum atomic E-state index is -0.562. The first-order chi connectivity index (χ1) is 8.67. The van der Waals surface area contributed by atoms with Gasteiger partial charge in [0.2, 0.25) is 0 Å². The van der Waals surface area contributed by atoms with E-state index in [0.29, 0.717) is 11.4 Å². The molecule has 104 valence electrons. The highest BCUT2D eigenvalue weighted by atomic mass is 16.6. The van der Waals surface area contributed by atoms with Crippen molar-refractivity contribution in [3.63, 3.8) is 0 Å². The van der Waals surface area contributed by atoms with Crippen LogP contribution in [-0.2, 0) is 9.53 Å². The fourth-order valence-corrected chi connectivity index (χ4v) is 1.36. The Morgan fingerprint density at radius 2 is 1.84 bits per heavy atom. The second kappa shape index (κ2) is 5.73. The van der Waals surface area contributed by atoms with Crippen LogP contribution < -0.4 is 10.1 Å². The summed E-state index contributed by atoms with van der Waals surface area (Å²) in [5, 5.41) is 2.59.